The van der Waals surface area contributed by atoms with Crippen LogP contribution >= 0.6 is 0 Å². The molecule has 1 saturated heterocycles. The lowest BCUT2D eigenvalue weighted by Crippen LogP contribution is -2.38. The molecule has 1 aliphatic rings. The molecule has 0 aromatic heterocycles. The van der Waals surface area contributed by atoms with E-state index in [9.17, 15) is 22.4 Å². The predicted molar refractivity (Wildman–Crippen MR) is 73.5 cm³/mol. The minimum atomic E-state index is -4.62. The molecule has 1 aromatic carbocycles. The van der Waals surface area contributed by atoms with E-state index < -0.39 is 17.6 Å². The first-order chi connectivity index (χ1) is 10.3. The van der Waals surface area contributed by atoms with Crippen LogP contribution < -0.4 is 5.32 Å². The van der Waals surface area contributed by atoms with Gasteiger partial charge in [-0.3, -0.25) is 0 Å². The molecule has 2 rings (SSSR count). The molecular formula is C15H16F4N2O. The van der Waals surface area contributed by atoms with Gasteiger partial charge in [-0.05, 0) is 36.1 Å². The van der Waals surface area contributed by atoms with Crippen molar-refractivity contribution in [2.24, 2.45) is 5.92 Å². The van der Waals surface area contributed by atoms with Gasteiger partial charge in [-0.2, -0.15) is 13.2 Å². The second-order valence-electron chi connectivity index (χ2n) is 5.24. The first kappa shape index (κ1) is 16.3. The van der Waals surface area contributed by atoms with Gasteiger partial charge >= 0.3 is 12.2 Å². The third-order valence-corrected chi connectivity index (χ3v) is 3.57. The van der Waals surface area contributed by atoms with E-state index in [0.29, 0.717) is 19.2 Å². The lowest BCUT2D eigenvalue weighted by Gasteiger charge is -2.17. The Hall–Kier alpha value is -2.05. The van der Waals surface area contributed by atoms with Crippen molar-refractivity contribution in [2.75, 3.05) is 13.1 Å². The topological polar surface area (TPSA) is 32.3 Å². The Morgan fingerprint density at radius 3 is 2.73 bits per heavy atom. The Kier molecular flexibility index (Phi) is 4.73. The average Bonchev–Trinajstić information content (AvgIpc) is 2.92. The number of amides is 2. The van der Waals surface area contributed by atoms with Crippen molar-refractivity contribution >= 4 is 6.03 Å². The molecule has 1 N–H and O–H groups in total. The number of nitrogens with one attached hydrogen (secondary N) is 1. The third kappa shape index (κ3) is 3.99. The highest BCUT2D eigenvalue weighted by Crippen LogP contribution is 2.30. The lowest BCUT2D eigenvalue weighted by molar-refractivity contribution is -0.137. The molecule has 1 atom stereocenters. The van der Waals surface area contributed by atoms with Gasteiger partial charge in [0.1, 0.15) is 5.82 Å². The summed E-state index contributed by atoms with van der Waals surface area (Å²) in [6.07, 6.45) is -2.03. The van der Waals surface area contributed by atoms with Gasteiger partial charge in [0.05, 0.1) is 5.56 Å². The number of hydrogen-bond donors (Lipinski definition) is 1. The fourth-order valence-electron chi connectivity index (χ4n) is 2.37. The monoisotopic (exact) mass is 316 g/mol. The van der Waals surface area contributed by atoms with Crippen LogP contribution in [0.4, 0.5) is 22.4 Å². The van der Waals surface area contributed by atoms with Crippen LogP contribution in [-0.4, -0.2) is 24.0 Å². The van der Waals surface area contributed by atoms with Crippen LogP contribution in [-0.2, 0) is 12.7 Å². The summed E-state index contributed by atoms with van der Waals surface area (Å²) in [6.45, 7) is 4.61. The molecule has 0 spiro atoms. The van der Waals surface area contributed by atoms with Crippen LogP contribution in [0.25, 0.3) is 0 Å². The summed E-state index contributed by atoms with van der Waals surface area (Å²) >= 11 is 0. The van der Waals surface area contributed by atoms with Crippen LogP contribution in [0.5, 0.6) is 0 Å². The van der Waals surface area contributed by atoms with Gasteiger partial charge < -0.3 is 10.2 Å². The van der Waals surface area contributed by atoms with Crippen LogP contribution in [0, 0.1) is 11.7 Å². The minimum absolute atomic E-state index is 0.0696. The molecule has 0 aliphatic carbocycles. The number of halogens is 4. The molecule has 7 heteroatoms. The molecule has 0 bridgehead atoms. The van der Waals surface area contributed by atoms with Gasteiger partial charge in [-0.15, -0.1) is 6.58 Å². The summed E-state index contributed by atoms with van der Waals surface area (Å²) in [6, 6.07) is 1.87. The number of alkyl halides is 3. The zero-order chi connectivity index (χ0) is 16.3. The van der Waals surface area contributed by atoms with Gasteiger partial charge in [0.15, 0.2) is 0 Å². The number of urea groups is 1. The Bertz CT molecular complexity index is 571. The maximum Gasteiger partial charge on any atom is 0.416 e. The number of nitrogens with zero attached hydrogens (tertiary/aromatic N) is 1. The second kappa shape index (κ2) is 6.37. The van der Waals surface area contributed by atoms with Crippen molar-refractivity contribution in [2.45, 2.75) is 19.1 Å². The van der Waals surface area contributed by atoms with Gasteiger partial charge in [0.25, 0.3) is 0 Å². The van der Waals surface area contributed by atoms with Crippen LogP contribution in [0.1, 0.15) is 17.5 Å². The molecule has 0 saturated carbocycles. The SMILES string of the molecule is C=C[C@H]1CCN(C(=O)NCc2cc(F)cc(C(F)(F)F)c2)C1. The Morgan fingerprint density at radius 2 is 2.14 bits per heavy atom. The molecule has 1 aromatic rings. The van der Waals surface area contributed by atoms with Crippen molar-refractivity contribution in [1.29, 1.82) is 0 Å². The molecule has 1 aliphatic heterocycles. The van der Waals surface area contributed by atoms with E-state index in [2.05, 4.69) is 11.9 Å². The molecule has 2 amide bonds. The quantitative estimate of drug-likeness (QED) is 0.671. The van der Waals surface area contributed by atoms with Crippen LogP contribution in [0.3, 0.4) is 0 Å². The van der Waals surface area contributed by atoms with Gasteiger partial charge in [0, 0.05) is 19.6 Å². The number of hydrogen-bond acceptors (Lipinski definition) is 1. The number of likely N-dealkylation sites (tertiary alicyclic amines) is 1. The van der Waals surface area contributed by atoms with Gasteiger partial charge in [-0.25, -0.2) is 9.18 Å². The number of rotatable bonds is 3. The summed E-state index contributed by atoms with van der Waals surface area (Å²) in [7, 11) is 0. The molecule has 120 valence electrons. The third-order valence-electron chi connectivity index (χ3n) is 3.57. The van der Waals surface area contributed by atoms with Crippen molar-refractivity contribution in [1.82, 2.24) is 10.2 Å². The highest BCUT2D eigenvalue weighted by Gasteiger charge is 2.31. The largest absolute Gasteiger partial charge is 0.416 e. The van der Waals surface area contributed by atoms with Crippen molar-refractivity contribution in [3.05, 3.63) is 47.8 Å². The number of carbonyl (C=O) groups excluding carboxylic acids is 1. The second-order valence-corrected chi connectivity index (χ2v) is 5.24. The van der Waals surface area contributed by atoms with E-state index in [1.54, 1.807) is 11.0 Å². The summed E-state index contributed by atoms with van der Waals surface area (Å²) in [4.78, 5) is 13.5. The summed E-state index contributed by atoms with van der Waals surface area (Å²) in [5.41, 5.74) is -0.996. The van der Waals surface area contributed by atoms with Crippen LogP contribution in [0.2, 0.25) is 0 Å². The maximum absolute atomic E-state index is 13.2. The smallest absolute Gasteiger partial charge is 0.334 e. The Balaban J connectivity index is 1.98. The van der Waals surface area contributed by atoms with E-state index in [1.807, 2.05) is 0 Å². The van der Waals surface area contributed by atoms with E-state index in [-0.39, 0.29) is 24.1 Å². The highest BCUT2D eigenvalue weighted by atomic mass is 19.4. The molecular weight excluding hydrogens is 300 g/mol. The average molecular weight is 316 g/mol. The molecule has 0 radical (unpaired) electrons. The lowest BCUT2D eigenvalue weighted by atomic mass is 10.1. The number of carbonyl (C=O) groups is 1. The van der Waals surface area contributed by atoms with E-state index in [4.69, 9.17) is 0 Å². The number of benzene rings is 1. The van der Waals surface area contributed by atoms with Crippen molar-refractivity contribution in [3.63, 3.8) is 0 Å². The van der Waals surface area contributed by atoms with E-state index in [1.165, 1.54) is 0 Å². The summed E-state index contributed by atoms with van der Waals surface area (Å²) in [5, 5.41) is 2.51. The molecule has 1 heterocycles. The van der Waals surface area contributed by atoms with Gasteiger partial charge in [0.2, 0.25) is 0 Å². The molecule has 3 nitrogen and oxygen atoms in total. The Morgan fingerprint density at radius 1 is 1.41 bits per heavy atom. The van der Waals surface area contributed by atoms with Crippen molar-refractivity contribution < 1.29 is 22.4 Å². The predicted octanol–water partition coefficient (Wildman–Crippen LogP) is 3.56. The summed E-state index contributed by atoms with van der Waals surface area (Å²) < 4.78 is 51.1. The minimum Gasteiger partial charge on any atom is -0.334 e. The summed E-state index contributed by atoms with van der Waals surface area (Å²) in [5.74, 6) is -0.747. The van der Waals surface area contributed by atoms with E-state index >= 15 is 0 Å². The van der Waals surface area contributed by atoms with Gasteiger partial charge in [-0.1, -0.05) is 6.08 Å². The fourth-order valence-corrected chi connectivity index (χ4v) is 2.37. The first-order valence-electron chi connectivity index (χ1n) is 6.81. The molecule has 1 fully saturated rings. The van der Waals surface area contributed by atoms with Crippen molar-refractivity contribution in [3.8, 4) is 0 Å². The standard InChI is InChI=1S/C15H16F4N2O/c1-2-10-3-4-21(9-10)14(22)20-8-11-5-12(15(17,18)19)7-13(16)6-11/h2,5-7,10H,1,3-4,8-9H2,(H,20,22)/t10-/m0/s1. The van der Waals surface area contributed by atoms with E-state index in [0.717, 1.165) is 18.6 Å². The zero-order valence-electron chi connectivity index (χ0n) is 11.8. The first-order valence-corrected chi connectivity index (χ1v) is 6.81. The zero-order valence-corrected chi connectivity index (χ0v) is 11.8. The normalized spacial score (nSPS) is 18.4. The molecule has 22 heavy (non-hydrogen) atoms. The highest BCUT2D eigenvalue weighted by molar-refractivity contribution is 5.74. The fraction of sp³-hybridized carbons (Fsp3) is 0.400. The molecule has 0 unspecified atom stereocenters. The van der Waals surface area contributed by atoms with Crippen LogP contribution in [0.15, 0.2) is 30.9 Å². The maximum atomic E-state index is 13.2. The Labute approximate surface area is 125 Å².